The van der Waals surface area contributed by atoms with Gasteiger partial charge >= 0.3 is 6.18 Å². The molecule has 2 aliphatic rings. The molecule has 3 N–H and O–H groups in total. The number of benzene rings is 1. The summed E-state index contributed by atoms with van der Waals surface area (Å²) in [6.07, 6.45) is -3.07. The highest BCUT2D eigenvalue weighted by Gasteiger charge is 2.47. The fraction of sp³-hybridized carbons (Fsp3) is 0.333. The second kappa shape index (κ2) is 10.7. The van der Waals surface area contributed by atoms with Crippen molar-refractivity contribution in [1.82, 2.24) is 19.9 Å². The van der Waals surface area contributed by atoms with Crippen molar-refractivity contribution in [3.63, 3.8) is 0 Å². The number of pyridine rings is 2. The van der Waals surface area contributed by atoms with Crippen LogP contribution in [-0.4, -0.2) is 52.9 Å². The molecule has 9 nitrogen and oxygen atoms in total. The van der Waals surface area contributed by atoms with Gasteiger partial charge < -0.3 is 20.5 Å². The van der Waals surface area contributed by atoms with Gasteiger partial charge in [-0.05, 0) is 50.1 Å². The van der Waals surface area contributed by atoms with E-state index in [-0.39, 0.29) is 22.8 Å². The van der Waals surface area contributed by atoms with Crippen LogP contribution in [0.3, 0.4) is 0 Å². The van der Waals surface area contributed by atoms with Crippen LogP contribution in [0, 0.1) is 17.5 Å². The number of primary amides is 1. The quantitative estimate of drug-likeness (QED) is 0.210. The number of halogens is 6. The van der Waals surface area contributed by atoms with Gasteiger partial charge in [0.2, 0.25) is 11.8 Å². The molecule has 0 bridgehead atoms. The zero-order valence-electron chi connectivity index (χ0n) is 23.8. The first-order valence-corrected chi connectivity index (χ1v) is 13.8. The molecule has 1 unspecified atom stereocenters. The standard InChI is InChI=1S/C30H25F6N5O4/c1-29(28(37)43)12-45-26-17(29)10-21(39-25(26)16-5-6-19(31)24(33)23(16)32)18(30(34,35)36)11-38-27(42)14-7-15-9-20(13-3-4-13)40-41(15)22(8-14)44-2/h5-10,13,18H,3-4,11-12H2,1-2H3,(H2,37,43)(H,38,42)/t18?,29-/m0/s1. The van der Waals surface area contributed by atoms with Crippen molar-refractivity contribution in [3.8, 4) is 22.9 Å². The van der Waals surface area contributed by atoms with Crippen molar-refractivity contribution in [2.45, 2.75) is 43.2 Å². The topological polar surface area (TPSA) is 121 Å². The molecule has 1 aliphatic carbocycles. The number of aromatic nitrogens is 3. The third-order valence-electron chi connectivity index (χ3n) is 8.16. The monoisotopic (exact) mass is 633 g/mol. The molecule has 15 heteroatoms. The summed E-state index contributed by atoms with van der Waals surface area (Å²) >= 11 is 0. The van der Waals surface area contributed by atoms with E-state index in [9.17, 15) is 35.9 Å². The average molecular weight is 634 g/mol. The van der Waals surface area contributed by atoms with Crippen LogP contribution < -0.4 is 20.5 Å². The minimum Gasteiger partial charge on any atom is -0.489 e. The Hall–Kier alpha value is -4.82. The lowest BCUT2D eigenvalue weighted by Crippen LogP contribution is -2.40. The van der Waals surface area contributed by atoms with Crippen molar-refractivity contribution in [1.29, 1.82) is 0 Å². The molecule has 1 fully saturated rings. The Kier molecular flexibility index (Phi) is 7.16. The van der Waals surface area contributed by atoms with Gasteiger partial charge in [-0.1, -0.05) is 0 Å². The third kappa shape index (κ3) is 5.19. The summed E-state index contributed by atoms with van der Waals surface area (Å²) in [6, 6.07) is 6.90. The second-order valence-corrected chi connectivity index (χ2v) is 11.3. The first-order chi connectivity index (χ1) is 21.2. The summed E-state index contributed by atoms with van der Waals surface area (Å²) in [5.74, 6) is -9.24. The van der Waals surface area contributed by atoms with E-state index in [2.05, 4.69) is 15.4 Å². The van der Waals surface area contributed by atoms with Crippen LogP contribution in [0.5, 0.6) is 11.6 Å². The van der Waals surface area contributed by atoms with E-state index in [0.29, 0.717) is 17.5 Å². The SMILES string of the molecule is COc1cc(C(=O)NCC(c2cc3c(c(-c4ccc(F)c(F)c4F)n2)OC[C@]3(C)C(N)=O)C(F)(F)F)cc2cc(C3CC3)nn12. The summed E-state index contributed by atoms with van der Waals surface area (Å²) in [4.78, 5) is 29.5. The van der Waals surface area contributed by atoms with Crippen LogP contribution in [0.15, 0.2) is 36.4 Å². The van der Waals surface area contributed by atoms with E-state index in [1.807, 2.05) is 0 Å². The summed E-state index contributed by atoms with van der Waals surface area (Å²) in [5, 5.41) is 6.75. The lowest BCUT2D eigenvalue weighted by Gasteiger charge is -2.24. The highest BCUT2D eigenvalue weighted by Crippen LogP contribution is 2.47. The molecule has 3 aromatic heterocycles. The molecule has 4 aromatic rings. The second-order valence-electron chi connectivity index (χ2n) is 11.3. The summed E-state index contributed by atoms with van der Waals surface area (Å²) < 4.78 is 98.9. The van der Waals surface area contributed by atoms with Crippen LogP contribution in [0.1, 0.15) is 58.9 Å². The number of nitrogens with two attached hydrogens (primary N) is 1. The number of fused-ring (bicyclic) bond motifs is 2. The number of alkyl halides is 3. The van der Waals surface area contributed by atoms with Crippen molar-refractivity contribution in [2.24, 2.45) is 5.73 Å². The van der Waals surface area contributed by atoms with E-state index in [4.69, 9.17) is 15.2 Å². The third-order valence-corrected chi connectivity index (χ3v) is 8.16. The molecule has 0 radical (unpaired) electrons. The van der Waals surface area contributed by atoms with E-state index < -0.39 is 76.9 Å². The molecule has 6 rings (SSSR count). The lowest BCUT2D eigenvalue weighted by atomic mass is 9.82. The predicted octanol–water partition coefficient (Wildman–Crippen LogP) is 4.91. The number of ether oxygens (including phenoxy) is 2. The molecular formula is C30H25F6N5O4. The zero-order valence-corrected chi connectivity index (χ0v) is 23.8. The zero-order chi connectivity index (χ0) is 32.4. The van der Waals surface area contributed by atoms with Crippen LogP contribution in [0.2, 0.25) is 0 Å². The number of carbonyl (C=O) groups is 2. The number of hydrogen-bond donors (Lipinski definition) is 2. The van der Waals surface area contributed by atoms with Gasteiger partial charge in [-0.3, -0.25) is 9.59 Å². The molecule has 236 valence electrons. The smallest absolute Gasteiger partial charge is 0.398 e. The molecule has 1 aliphatic heterocycles. The molecule has 2 amide bonds. The van der Waals surface area contributed by atoms with Crippen LogP contribution in [0.4, 0.5) is 26.3 Å². The maximum atomic E-state index is 14.9. The largest absolute Gasteiger partial charge is 0.489 e. The van der Waals surface area contributed by atoms with Gasteiger partial charge in [0.1, 0.15) is 29.4 Å². The van der Waals surface area contributed by atoms with E-state index in [1.165, 1.54) is 30.7 Å². The Bertz CT molecular complexity index is 1870. The van der Waals surface area contributed by atoms with Gasteiger partial charge in [0, 0.05) is 35.2 Å². The summed E-state index contributed by atoms with van der Waals surface area (Å²) in [5.41, 5.74) is 3.04. The van der Waals surface area contributed by atoms with Gasteiger partial charge in [-0.15, -0.1) is 0 Å². The molecule has 2 atom stereocenters. The van der Waals surface area contributed by atoms with E-state index in [0.717, 1.165) is 30.7 Å². The molecule has 0 spiro atoms. The van der Waals surface area contributed by atoms with E-state index in [1.54, 1.807) is 6.07 Å². The highest BCUT2D eigenvalue weighted by molar-refractivity contribution is 5.96. The number of hydrogen-bond acceptors (Lipinski definition) is 6. The molecule has 45 heavy (non-hydrogen) atoms. The Labute approximate surface area is 251 Å². The number of nitrogens with zero attached hydrogens (tertiary/aromatic N) is 3. The van der Waals surface area contributed by atoms with Crippen LogP contribution >= 0.6 is 0 Å². The maximum Gasteiger partial charge on any atom is 0.398 e. The predicted molar refractivity (Wildman–Crippen MR) is 146 cm³/mol. The van der Waals surface area contributed by atoms with Gasteiger partial charge in [0.25, 0.3) is 5.91 Å². The Morgan fingerprint density at radius 1 is 1.16 bits per heavy atom. The number of rotatable bonds is 8. The number of nitrogens with one attached hydrogen (secondary N) is 1. The number of amides is 2. The Morgan fingerprint density at radius 2 is 1.89 bits per heavy atom. The van der Waals surface area contributed by atoms with Crippen LogP contribution in [-0.2, 0) is 10.2 Å². The lowest BCUT2D eigenvalue weighted by molar-refractivity contribution is -0.149. The first-order valence-electron chi connectivity index (χ1n) is 13.8. The van der Waals surface area contributed by atoms with Gasteiger partial charge in [0.15, 0.2) is 17.5 Å². The maximum absolute atomic E-state index is 14.9. The molecule has 4 heterocycles. The molecule has 0 saturated heterocycles. The highest BCUT2D eigenvalue weighted by atomic mass is 19.4. The van der Waals surface area contributed by atoms with Gasteiger partial charge in [-0.2, -0.15) is 18.3 Å². The van der Waals surface area contributed by atoms with Crippen molar-refractivity contribution >= 4 is 17.3 Å². The minimum absolute atomic E-state index is 0.00341. The van der Waals surface area contributed by atoms with Crippen molar-refractivity contribution in [3.05, 3.63) is 76.4 Å². The fourth-order valence-electron chi connectivity index (χ4n) is 5.31. The summed E-state index contributed by atoms with van der Waals surface area (Å²) in [7, 11) is 1.37. The summed E-state index contributed by atoms with van der Waals surface area (Å²) in [6.45, 7) is -0.132. The molecule has 1 aromatic carbocycles. The van der Waals surface area contributed by atoms with Gasteiger partial charge in [0.05, 0.1) is 24.0 Å². The Balaban J connectivity index is 1.39. The molecular weight excluding hydrogens is 608 g/mol. The van der Waals surface area contributed by atoms with Crippen molar-refractivity contribution < 1.29 is 45.4 Å². The van der Waals surface area contributed by atoms with E-state index >= 15 is 0 Å². The number of carbonyl (C=O) groups excluding carboxylic acids is 2. The fourth-order valence-corrected chi connectivity index (χ4v) is 5.31. The average Bonchev–Trinajstić information content (AvgIpc) is 3.66. The van der Waals surface area contributed by atoms with Gasteiger partial charge in [-0.25, -0.2) is 22.7 Å². The normalized spacial score (nSPS) is 18.4. The van der Waals surface area contributed by atoms with Crippen LogP contribution in [0.25, 0.3) is 16.8 Å². The Morgan fingerprint density at radius 3 is 2.53 bits per heavy atom. The molecule has 1 saturated carbocycles. The minimum atomic E-state index is -5.02. The first kappa shape index (κ1) is 30.2. The number of methoxy groups -OCH3 is 1. The van der Waals surface area contributed by atoms with Crippen molar-refractivity contribution in [2.75, 3.05) is 20.3 Å².